The number of hydrogen-bond acceptors (Lipinski definition) is 3. The third-order valence-electron chi connectivity index (χ3n) is 5.16. The monoisotopic (exact) mass is 501 g/mol. The molecule has 0 fully saturated rings. The lowest BCUT2D eigenvalue weighted by atomic mass is 10.1. The van der Waals surface area contributed by atoms with E-state index in [0.717, 1.165) is 50.8 Å². The minimum Gasteiger partial charge on any atom is -0.353 e. The molecule has 0 aliphatic heterocycles. The molecule has 0 spiro atoms. The van der Waals surface area contributed by atoms with Crippen molar-refractivity contribution < 1.29 is 4.79 Å². The summed E-state index contributed by atoms with van der Waals surface area (Å²) in [7, 11) is 4.08. The number of benzene rings is 2. The van der Waals surface area contributed by atoms with Crippen molar-refractivity contribution in [3.63, 3.8) is 0 Å². The Kier molecular flexibility index (Phi) is 6.67. The Hall–Kier alpha value is -2.32. The summed E-state index contributed by atoms with van der Waals surface area (Å²) in [6, 6.07) is 13.6. The first-order valence-electron chi connectivity index (χ1n) is 10.2. The SMILES string of the molecule is CN(C)CCNCCNC(=O)c1c(-c2cc3cc(Cl)ccc3[nH]2)[nH]c2cc(Br)ccc12. The number of fused-ring (bicyclic) bond motifs is 2. The van der Waals surface area contributed by atoms with Gasteiger partial charge in [-0.2, -0.15) is 0 Å². The Labute approximate surface area is 194 Å². The number of aromatic amines is 2. The van der Waals surface area contributed by atoms with E-state index < -0.39 is 0 Å². The van der Waals surface area contributed by atoms with Gasteiger partial charge in [0.1, 0.15) is 0 Å². The third kappa shape index (κ3) is 4.96. The maximum absolute atomic E-state index is 13.2. The number of amides is 1. The standard InChI is InChI=1S/C23H25BrClN5O/c1-30(2)10-9-26-7-8-27-23(31)21-17-5-3-15(24)13-19(17)29-22(21)20-12-14-11-16(25)4-6-18(14)28-20/h3-6,11-13,26,28-29H,7-10H2,1-2H3,(H,27,31). The van der Waals surface area contributed by atoms with E-state index in [1.54, 1.807) is 0 Å². The second-order valence-corrected chi connectivity index (χ2v) is 9.14. The predicted molar refractivity (Wildman–Crippen MR) is 132 cm³/mol. The van der Waals surface area contributed by atoms with E-state index >= 15 is 0 Å². The van der Waals surface area contributed by atoms with Gasteiger partial charge in [-0.15, -0.1) is 0 Å². The van der Waals surface area contributed by atoms with Gasteiger partial charge in [-0.3, -0.25) is 4.79 Å². The zero-order valence-corrected chi connectivity index (χ0v) is 19.8. The molecule has 6 nitrogen and oxygen atoms in total. The number of nitrogens with zero attached hydrogens (tertiary/aromatic N) is 1. The van der Waals surface area contributed by atoms with Crippen molar-refractivity contribution in [2.24, 2.45) is 0 Å². The molecule has 0 aliphatic rings. The zero-order chi connectivity index (χ0) is 22.0. The topological polar surface area (TPSA) is 75.9 Å². The van der Waals surface area contributed by atoms with Crippen LogP contribution in [0.15, 0.2) is 46.9 Å². The smallest absolute Gasteiger partial charge is 0.254 e. The number of aromatic nitrogens is 2. The maximum atomic E-state index is 13.2. The Morgan fingerprint density at radius 1 is 1.03 bits per heavy atom. The molecule has 2 heterocycles. The van der Waals surface area contributed by atoms with Gasteiger partial charge in [0.2, 0.25) is 0 Å². The number of hydrogen-bond donors (Lipinski definition) is 4. The van der Waals surface area contributed by atoms with Crippen LogP contribution in [0, 0.1) is 0 Å². The van der Waals surface area contributed by atoms with E-state index in [1.165, 1.54) is 0 Å². The Balaban J connectivity index is 1.62. The highest BCUT2D eigenvalue weighted by atomic mass is 79.9. The van der Waals surface area contributed by atoms with Crippen molar-refractivity contribution in [2.75, 3.05) is 40.3 Å². The fourth-order valence-corrected chi connectivity index (χ4v) is 4.17. The van der Waals surface area contributed by atoms with Crippen LogP contribution in [0.2, 0.25) is 5.02 Å². The summed E-state index contributed by atoms with van der Waals surface area (Å²) in [5.74, 6) is -0.102. The summed E-state index contributed by atoms with van der Waals surface area (Å²) in [5.41, 5.74) is 4.11. The molecule has 0 aliphatic carbocycles. The number of carbonyl (C=O) groups is 1. The highest BCUT2D eigenvalue weighted by Gasteiger charge is 2.21. The fraction of sp³-hybridized carbons (Fsp3) is 0.261. The van der Waals surface area contributed by atoms with Gasteiger partial charge < -0.3 is 25.5 Å². The van der Waals surface area contributed by atoms with Crippen molar-refractivity contribution in [1.82, 2.24) is 25.5 Å². The summed E-state index contributed by atoms with van der Waals surface area (Å²) in [6.07, 6.45) is 0. The van der Waals surface area contributed by atoms with Gasteiger partial charge in [0.15, 0.2) is 0 Å². The Morgan fingerprint density at radius 3 is 2.68 bits per heavy atom. The van der Waals surface area contributed by atoms with E-state index in [2.05, 4.69) is 41.4 Å². The molecule has 0 saturated carbocycles. The van der Waals surface area contributed by atoms with E-state index in [9.17, 15) is 4.79 Å². The Morgan fingerprint density at radius 2 is 1.87 bits per heavy atom. The maximum Gasteiger partial charge on any atom is 0.254 e. The lowest BCUT2D eigenvalue weighted by Crippen LogP contribution is -2.34. The highest BCUT2D eigenvalue weighted by molar-refractivity contribution is 9.10. The van der Waals surface area contributed by atoms with E-state index in [-0.39, 0.29) is 5.91 Å². The molecule has 0 atom stereocenters. The van der Waals surface area contributed by atoms with Crippen molar-refractivity contribution in [2.45, 2.75) is 0 Å². The normalized spacial score (nSPS) is 11.6. The van der Waals surface area contributed by atoms with Crippen LogP contribution in [0.5, 0.6) is 0 Å². The summed E-state index contributed by atoms with van der Waals surface area (Å²) in [6.45, 7) is 3.11. The molecular weight excluding hydrogens is 478 g/mol. The molecule has 2 aromatic heterocycles. The summed E-state index contributed by atoms with van der Waals surface area (Å²) < 4.78 is 0.952. The molecule has 8 heteroatoms. The van der Waals surface area contributed by atoms with Gasteiger partial charge in [-0.05, 0) is 50.5 Å². The lowest BCUT2D eigenvalue weighted by Gasteiger charge is -2.11. The van der Waals surface area contributed by atoms with Crippen molar-refractivity contribution in [3.05, 3.63) is 57.5 Å². The number of H-pyrrole nitrogens is 2. The van der Waals surface area contributed by atoms with Crippen molar-refractivity contribution >= 4 is 55.2 Å². The minimum absolute atomic E-state index is 0.102. The number of carbonyl (C=O) groups excluding carboxylic acids is 1. The van der Waals surface area contributed by atoms with Crippen LogP contribution in [-0.4, -0.2) is 61.0 Å². The molecule has 0 radical (unpaired) electrons. The largest absolute Gasteiger partial charge is 0.353 e. The lowest BCUT2D eigenvalue weighted by molar-refractivity contribution is 0.0956. The van der Waals surface area contributed by atoms with Crippen LogP contribution >= 0.6 is 27.5 Å². The van der Waals surface area contributed by atoms with E-state index in [1.807, 2.05) is 56.6 Å². The zero-order valence-electron chi connectivity index (χ0n) is 17.5. The van der Waals surface area contributed by atoms with Gasteiger partial charge in [0.05, 0.1) is 17.0 Å². The van der Waals surface area contributed by atoms with E-state index in [4.69, 9.17) is 11.6 Å². The number of likely N-dealkylation sites (N-methyl/N-ethyl adjacent to an activating group) is 1. The third-order valence-corrected chi connectivity index (χ3v) is 5.89. The number of halogens is 2. The predicted octanol–water partition coefficient (Wildman–Crippen LogP) is 4.61. The van der Waals surface area contributed by atoms with Crippen LogP contribution in [0.4, 0.5) is 0 Å². The van der Waals surface area contributed by atoms with Gasteiger partial charge in [0, 0.05) is 57.5 Å². The molecule has 4 N–H and O–H groups in total. The Bertz CT molecular complexity index is 1230. The average Bonchev–Trinajstić information content (AvgIpc) is 3.30. The van der Waals surface area contributed by atoms with Crippen molar-refractivity contribution in [1.29, 1.82) is 0 Å². The van der Waals surface area contributed by atoms with E-state index in [0.29, 0.717) is 23.7 Å². The number of rotatable bonds is 8. The van der Waals surface area contributed by atoms with Gasteiger partial charge in [-0.25, -0.2) is 0 Å². The molecule has 0 bridgehead atoms. The number of nitrogens with one attached hydrogen (secondary N) is 4. The van der Waals surface area contributed by atoms with Gasteiger partial charge in [0.25, 0.3) is 5.91 Å². The molecule has 1 amide bonds. The van der Waals surface area contributed by atoms with Gasteiger partial charge in [-0.1, -0.05) is 33.6 Å². The fourth-order valence-electron chi connectivity index (χ4n) is 3.63. The van der Waals surface area contributed by atoms with Crippen LogP contribution < -0.4 is 10.6 Å². The van der Waals surface area contributed by atoms with Crippen LogP contribution in [0.1, 0.15) is 10.4 Å². The summed E-state index contributed by atoms with van der Waals surface area (Å²) in [5, 5.41) is 8.95. The first-order valence-corrected chi connectivity index (χ1v) is 11.3. The van der Waals surface area contributed by atoms with Gasteiger partial charge >= 0.3 is 0 Å². The molecular formula is C23H25BrClN5O. The molecule has 31 heavy (non-hydrogen) atoms. The average molecular weight is 503 g/mol. The summed E-state index contributed by atoms with van der Waals surface area (Å²) >= 11 is 9.67. The minimum atomic E-state index is -0.102. The van der Waals surface area contributed by atoms with Crippen LogP contribution in [0.25, 0.3) is 33.2 Å². The molecule has 162 valence electrons. The first kappa shape index (κ1) is 21.9. The quantitative estimate of drug-likeness (QED) is 0.266. The van der Waals surface area contributed by atoms with Crippen molar-refractivity contribution in [3.8, 4) is 11.4 Å². The highest BCUT2D eigenvalue weighted by Crippen LogP contribution is 2.33. The first-order chi connectivity index (χ1) is 14.9. The molecule has 4 aromatic rings. The van der Waals surface area contributed by atoms with Crippen LogP contribution in [-0.2, 0) is 0 Å². The molecule has 0 unspecified atom stereocenters. The molecule has 0 saturated heterocycles. The van der Waals surface area contributed by atoms with Crippen LogP contribution in [0.3, 0.4) is 0 Å². The molecule has 2 aromatic carbocycles. The second kappa shape index (κ2) is 9.44. The summed E-state index contributed by atoms with van der Waals surface area (Å²) in [4.78, 5) is 22.1. The molecule has 4 rings (SSSR count). The second-order valence-electron chi connectivity index (χ2n) is 7.79.